The molecular formula is C36H41N3O3. The zero-order valence-electron chi connectivity index (χ0n) is 24.9. The Bertz CT molecular complexity index is 1490. The number of ketones is 1. The van der Waals surface area contributed by atoms with Gasteiger partial charge in [-0.3, -0.25) is 19.3 Å². The Labute approximate surface area is 249 Å². The fourth-order valence-electron chi connectivity index (χ4n) is 6.97. The van der Waals surface area contributed by atoms with Crippen LogP contribution in [0.3, 0.4) is 0 Å². The van der Waals surface area contributed by atoms with E-state index in [-0.39, 0.29) is 17.6 Å². The van der Waals surface area contributed by atoms with Crippen molar-refractivity contribution in [1.82, 2.24) is 14.7 Å². The van der Waals surface area contributed by atoms with E-state index >= 15 is 0 Å². The predicted molar refractivity (Wildman–Crippen MR) is 165 cm³/mol. The normalized spacial score (nSPS) is 19.6. The van der Waals surface area contributed by atoms with Crippen molar-refractivity contribution in [3.63, 3.8) is 0 Å². The highest BCUT2D eigenvalue weighted by atomic mass is 16.2. The Morgan fingerprint density at radius 2 is 1.76 bits per heavy atom. The summed E-state index contributed by atoms with van der Waals surface area (Å²) in [5.74, 6) is 0.571. The average molecular weight is 564 g/mol. The van der Waals surface area contributed by atoms with Gasteiger partial charge < -0.3 is 9.80 Å². The van der Waals surface area contributed by atoms with Crippen LogP contribution < -0.4 is 0 Å². The van der Waals surface area contributed by atoms with E-state index in [1.807, 2.05) is 17.9 Å². The molecule has 218 valence electrons. The number of allylic oxidation sites excluding steroid dienone is 4. The third-order valence-corrected chi connectivity index (χ3v) is 9.38. The van der Waals surface area contributed by atoms with Gasteiger partial charge in [0.25, 0.3) is 11.8 Å². The fraction of sp³-hybridized carbons (Fsp3) is 0.417. The van der Waals surface area contributed by atoms with Crippen LogP contribution in [-0.4, -0.2) is 51.4 Å². The number of hydrogen-bond donors (Lipinski definition) is 0. The van der Waals surface area contributed by atoms with Gasteiger partial charge in [-0.2, -0.15) is 0 Å². The van der Waals surface area contributed by atoms with E-state index in [0.29, 0.717) is 25.4 Å². The summed E-state index contributed by atoms with van der Waals surface area (Å²) in [5, 5.41) is 0. The summed E-state index contributed by atoms with van der Waals surface area (Å²) in [6, 6.07) is 12.3. The number of carbonyl (C=O) groups excluding carboxylic acids is 3. The van der Waals surface area contributed by atoms with Crippen LogP contribution in [0, 0.1) is 0 Å². The van der Waals surface area contributed by atoms with Crippen LogP contribution in [0.5, 0.6) is 0 Å². The average Bonchev–Trinajstić information content (AvgIpc) is 3.49. The standard InChI is InChI=1S/C36H41N3O3/c1-24(2)9-14-34(25(3)40)39-23-30-20-28(12-13-32(30)35(39)41)27-15-17-37(18-16-27)21-26-10-11-29-22-38(36(42)33(29)19-26)31-7-5-4-6-8-31/h5,7-8,10-13,19-20,27,34H,1,4,6,9,14-18,21-23H2,2-3H3. The van der Waals surface area contributed by atoms with Crippen molar-refractivity contribution in [2.75, 3.05) is 13.1 Å². The second-order valence-corrected chi connectivity index (χ2v) is 12.5. The number of nitrogens with zero attached hydrogens (tertiary/aromatic N) is 3. The largest absolute Gasteiger partial charge is 0.324 e. The van der Waals surface area contributed by atoms with E-state index in [4.69, 9.17) is 0 Å². The maximum Gasteiger partial charge on any atom is 0.258 e. The molecule has 1 atom stereocenters. The first kappa shape index (κ1) is 28.4. The van der Waals surface area contributed by atoms with Crippen LogP contribution in [0.4, 0.5) is 0 Å². The summed E-state index contributed by atoms with van der Waals surface area (Å²) in [7, 11) is 0. The molecule has 1 saturated heterocycles. The molecule has 6 nitrogen and oxygen atoms in total. The number of amides is 2. The van der Waals surface area contributed by atoms with Crippen molar-refractivity contribution in [2.45, 2.75) is 84.0 Å². The summed E-state index contributed by atoms with van der Waals surface area (Å²) in [4.78, 5) is 44.9. The van der Waals surface area contributed by atoms with Gasteiger partial charge in [-0.25, -0.2) is 0 Å². The van der Waals surface area contributed by atoms with E-state index < -0.39 is 6.04 Å². The molecule has 1 fully saturated rings. The van der Waals surface area contributed by atoms with Crippen LogP contribution in [0.15, 0.2) is 72.5 Å². The van der Waals surface area contributed by atoms with E-state index in [0.717, 1.165) is 85.3 Å². The summed E-state index contributed by atoms with van der Waals surface area (Å²) in [5.41, 5.74) is 8.27. The number of piperidine rings is 1. The van der Waals surface area contributed by atoms with Crippen molar-refractivity contribution in [2.24, 2.45) is 0 Å². The highest BCUT2D eigenvalue weighted by Gasteiger charge is 2.35. The van der Waals surface area contributed by atoms with Crippen molar-refractivity contribution >= 4 is 17.6 Å². The highest BCUT2D eigenvalue weighted by molar-refractivity contribution is 6.01. The highest BCUT2D eigenvalue weighted by Crippen LogP contribution is 2.34. The molecule has 2 aromatic carbocycles. The van der Waals surface area contributed by atoms with E-state index in [2.05, 4.69) is 60.0 Å². The second-order valence-electron chi connectivity index (χ2n) is 12.5. The van der Waals surface area contributed by atoms with Crippen LogP contribution in [-0.2, 0) is 24.4 Å². The maximum atomic E-state index is 13.2. The van der Waals surface area contributed by atoms with Gasteiger partial charge in [0.2, 0.25) is 0 Å². The number of rotatable bonds is 9. The molecular weight excluding hydrogens is 522 g/mol. The lowest BCUT2D eigenvalue weighted by atomic mass is 9.87. The molecule has 0 radical (unpaired) electrons. The number of Topliss-reactive ketones (excluding diaryl/α,β-unsaturated/α-hetero) is 1. The molecule has 3 aliphatic heterocycles. The quantitative estimate of drug-likeness (QED) is 0.326. The van der Waals surface area contributed by atoms with Crippen LogP contribution in [0.1, 0.15) is 101 Å². The zero-order valence-corrected chi connectivity index (χ0v) is 24.9. The third kappa shape index (κ3) is 5.65. The molecule has 0 saturated carbocycles. The minimum Gasteiger partial charge on any atom is -0.324 e. The summed E-state index contributed by atoms with van der Waals surface area (Å²) in [6.45, 7) is 11.5. The fourth-order valence-corrected chi connectivity index (χ4v) is 6.97. The Morgan fingerprint density at radius 3 is 2.48 bits per heavy atom. The van der Waals surface area contributed by atoms with Crippen molar-refractivity contribution in [1.29, 1.82) is 0 Å². The number of fused-ring (bicyclic) bond motifs is 2. The van der Waals surface area contributed by atoms with Crippen molar-refractivity contribution in [3.8, 4) is 0 Å². The van der Waals surface area contributed by atoms with E-state index in [9.17, 15) is 14.4 Å². The molecule has 0 spiro atoms. The van der Waals surface area contributed by atoms with Crippen LogP contribution in [0.2, 0.25) is 0 Å². The molecule has 0 aromatic heterocycles. The van der Waals surface area contributed by atoms with Crippen molar-refractivity contribution < 1.29 is 14.4 Å². The summed E-state index contributed by atoms with van der Waals surface area (Å²) < 4.78 is 0. The molecule has 1 unspecified atom stereocenters. The zero-order chi connectivity index (χ0) is 29.4. The summed E-state index contributed by atoms with van der Waals surface area (Å²) >= 11 is 0. The van der Waals surface area contributed by atoms with Gasteiger partial charge in [-0.1, -0.05) is 42.0 Å². The first-order valence-corrected chi connectivity index (χ1v) is 15.4. The Hall–Kier alpha value is -3.77. The number of likely N-dealkylation sites (tertiary alicyclic amines) is 1. The van der Waals surface area contributed by atoms with Gasteiger partial charge in [0.15, 0.2) is 5.78 Å². The number of carbonyl (C=O) groups is 3. The van der Waals surface area contributed by atoms with Crippen LogP contribution in [0.25, 0.3) is 0 Å². The topological polar surface area (TPSA) is 60.9 Å². The molecule has 6 rings (SSSR count). The van der Waals surface area contributed by atoms with E-state index in [1.54, 1.807) is 11.8 Å². The van der Waals surface area contributed by atoms with Gasteiger partial charge in [-0.15, -0.1) is 6.58 Å². The Balaban J connectivity index is 1.06. The molecule has 2 amide bonds. The molecule has 0 N–H and O–H groups in total. The minimum atomic E-state index is -0.396. The third-order valence-electron chi connectivity index (χ3n) is 9.38. The molecule has 4 aliphatic rings. The lowest BCUT2D eigenvalue weighted by Gasteiger charge is -2.32. The molecule has 2 aromatic rings. The minimum absolute atomic E-state index is 0.0313. The predicted octanol–water partition coefficient (Wildman–Crippen LogP) is 6.53. The molecule has 3 heterocycles. The molecule has 1 aliphatic carbocycles. The monoisotopic (exact) mass is 563 g/mol. The van der Waals surface area contributed by atoms with Gasteiger partial charge in [-0.05, 0) is 112 Å². The van der Waals surface area contributed by atoms with Gasteiger partial charge in [0.1, 0.15) is 0 Å². The van der Waals surface area contributed by atoms with Gasteiger partial charge >= 0.3 is 0 Å². The molecule has 42 heavy (non-hydrogen) atoms. The maximum absolute atomic E-state index is 13.2. The molecule has 6 heteroatoms. The first-order chi connectivity index (χ1) is 20.3. The molecule has 0 bridgehead atoms. The smallest absolute Gasteiger partial charge is 0.258 e. The first-order valence-electron chi connectivity index (χ1n) is 15.4. The summed E-state index contributed by atoms with van der Waals surface area (Å²) in [6.07, 6.45) is 11.9. The SMILES string of the molecule is C=C(C)CCC(C(C)=O)N1Cc2cc(C3CCN(Cc4ccc5c(c4)C(=O)N(C4=CCCC=C4)C5)CC3)ccc2C1=O. The lowest BCUT2D eigenvalue weighted by molar-refractivity contribution is -0.121. The van der Waals surface area contributed by atoms with Crippen molar-refractivity contribution in [3.05, 3.63) is 106 Å². The second kappa shape index (κ2) is 11.8. The van der Waals surface area contributed by atoms with Crippen LogP contribution >= 0.6 is 0 Å². The Morgan fingerprint density at radius 1 is 0.952 bits per heavy atom. The number of benzene rings is 2. The van der Waals surface area contributed by atoms with E-state index in [1.165, 1.54) is 11.1 Å². The Kier molecular flexibility index (Phi) is 8.00. The van der Waals surface area contributed by atoms with Gasteiger partial charge in [0.05, 0.1) is 12.6 Å². The van der Waals surface area contributed by atoms with Gasteiger partial charge in [0, 0.05) is 29.9 Å². The lowest BCUT2D eigenvalue weighted by Crippen LogP contribution is -2.40. The number of hydrogen-bond acceptors (Lipinski definition) is 4.